The Morgan fingerprint density at radius 2 is 1.84 bits per heavy atom. The quantitative estimate of drug-likeness (QED) is 0.635. The molecular weight excluding hydrogens is 412 g/mol. The number of benzene rings is 2. The molecule has 2 aromatic carbocycles. The molecule has 0 radical (unpaired) electrons. The zero-order valence-electron chi connectivity index (χ0n) is 18.8. The van der Waals surface area contributed by atoms with E-state index in [4.69, 9.17) is 4.74 Å². The maximum Gasteiger partial charge on any atom is 0.254 e. The van der Waals surface area contributed by atoms with E-state index < -0.39 is 10.0 Å². The van der Waals surface area contributed by atoms with E-state index in [-0.39, 0.29) is 16.8 Å². The lowest BCUT2D eigenvalue weighted by molar-refractivity contribution is 0.0701. The summed E-state index contributed by atoms with van der Waals surface area (Å²) in [5, 5.41) is 0. The van der Waals surface area contributed by atoms with Crippen LogP contribution in [0.25, 0.3) is 0 Å². The SMILES string of the molecule is CCN(C(=O)c1cc(S(=O)(=O)N2CCCCC2)ccc1C)C(C)c1cccc(OC)c1. The number of carbonyl (C=O) groups excluding carboxylic acids is 1. The van der Waals surface area contributed by atoms with Crippen LogP contribution >= 0.6 is 0 Å². The van der Waals surface area contributed by atoms with Gasteiger partial charge in [-0.25, -0.2) is 8.42 Å². The largest absolute Gasteiger partial charge is 0.497 e. The predicted octanol–water partition coefficient (Wildman–Crippen LogP) is 4.40. The number of hydrogen-bond acceptors (Lipinski definition) is 4. The summed E-state index contributed by atoms with van der Waals surface area (Å²) in [6, 6.07) is 12.4. The van der Waals surface area contributed by atoms with Crippen LogP contribution in [0.2, 0.25) is 0 Å². The number of piperidine rings is 1. The van der Waals surface area contributed by atoms with Crippen molar-refractivity contribution in [3.05, 3.63) is 59.2 Å². The maximum atomic E-state index is 13.5. The van der Waals surface area contributed by atoms with Crippen molar-refractivity contribution in [2.75, 3.05) is 26.7 Å². The molecular formula is C24H32N2O4S. The molecule has 0 saturated carbocycles. The van der Waals surface area contributed by atoms with Gasteiger partial charge in [0.25, 0.3) is 5.91 Å². The molecule has 31 heavy (non-hydrogen) atoms. The summed E-state index contributed by atoms with van der Waals surface area (Å²) >= 11 is 0. The van der Waals surface area contributed by atoms with Gasteiger partial charge in [-0.2, -0.15) is 4.31 Å². The Bertz CT molecular complexity index is 1030. The van der Waals surface area contributed by atoms with Gasteiger partial charge in [-0.05, 0) is 69.0 Å². The number of ether oxygens (including phenoxy) is 1. The fourth-order valence-electron chi connectivity index (χ4n) is 4.08. The number of carbonyl (C=O) groups is 1. The van der Waals surface area contributed by atoms with Crippen LogP contribution in [0, 0.1) is 6.92 Å². The zero-order chi connectivity index (χ0) is 22.6. The molecule has 2 aromatic rings. The molecule has 6 nitrogen and oxygen atoms in total. The molecule has 3 rings (SSSR count). The fourth-order valence-corrected chi connectivity index (χ4v) is 5.62. The molecule has 1 unspecified atom stereocenters. The minimum Gasteiger partial charge on any atom is -0.497 e. The lowest BCUT2D eigenvalue weighted by Gasteiger charge is -2.30. The van der Waals surface area contributed by atoms with Gasteiger partial charge in [-0.15, -0.1) is 0 Å². The molecule has 0 N–H and O–H groups in total. The van der Waals surface area contributed by atoms with Crippen molar-refractivity contribution in [3.8, 4) is 5.75 Å². The minimum atomic E-state index is -3.60. The number of nitrogens with zero attached hydrogens (tertiary/aromatic N) is 2. The topological polar surface area (TPSA) is 66.9 Å². The first kappa shape index (κ1) is 23.3. The van der Waals surface area contributed by atoms with E-state index in [1.165, 1.54) is 4.31 Å². The highest BCUT2D eigenvalue weighted by atomic mass is 32.2. The van der Waals surface area contributed by atoms with Crippen molar-refractivity contribution < 1.29 is 17.9 Å². The van der Waals surface area contributed by atoms with Crippen molar-refractivity contribution in [2.45, 2.75) is 51.0 Å². The Morgan fingerprint density at radius 1 is 1.13 bits per heavy atom. The van der Waals surface area contributed by atoms with Gasteiger partial charge in [0.2, 0.25) is 10.0 Å². The second kappa shape index (κ2) is 9.83. The second-order valence-electron chi connectivity index (χ2n) is 7.99. The number of hydrogen-bond donors (Lipinski definition) is 0. The Balaban J connectivity index is 1.93. The summed E-state index contributed by atoms with van der Waals surface area (Å²) in [6.45, 7) is 7.31. The summed E-state index contributed by atoms with van der Waals surface area (Å²) in [5.41, 5.74) is 2.15. The minimum absolute atomic E-state index is 0.175. The van der Waals surface area contributed by atoms with Gasteiger partial charge in [0.1, 0.15) is 5.75 Å². The molecule has 0 aliphatic carbocycles. The fraction of sp³-hybridized carbons (Fsp3) is 0.458. The van der Waals surface area contributed by atoms with Crippen LogP contribution < -0.4 is 4.74 Å². The predicted molar refractivity (Wildman–Crippen MR) is 122 cm³/mol. The van der Waals surface area contributed by atoms with Crippen LogP contribution in [0.3, 0.4) is 0 Å². The van der Waals surface area contributed by atoms with Crippen LogP contribution in [-0.2, 0) is 10.0 Å². The average Bonchev–Trinajstić information content (AvgIpc) is 2.80. The number of sulfonamides is 1. The van der Waals surface area contributed by atoms with Crippen molar-refractivity contribution in [1.82, 2.24) is 9.21 Å². The number of aryl methyl sites for hydroxylation is 1. The third kappa shape index (κ3) is 4.93. The van der Waals surface area contributed by atoms with Crippen molar-refractivity contribution in [2.24, 2.45) is 0 Å². The maximum absolute atomic E-state index is 13.5. The Morgan fingerprint density at radius 3 is 2.48 bits per heavy atom. The molecule has 1 saturated heterocycles. The highest BCUT2D eigenvalue weighted by molar-refractivity contribution is 7.89. The molecule has 1 aliphatic rings. The summed E-state index contributed by atoms with van der Waals surface area (Å²) in [5.74, 6) is 0.560. The van der Waals surface area contributed by atoms with Crippen LogP contribution in [0.1, 0.15) is 60.6 Å². The molecule has 1 aliphatic heterocycles. The van der Waals surface area contributed by atoms with Gasteiger partial charge >= 0.3 is 0 Å². The summed E-state index contributed by atoms with van der Waals surface area (Å²) < 4.78 is 33.1. The van der Waals surface area contributed by atoms with E-state index in [0.29, 0.717) is 25.2 Å². The monoisotopic (exact) mass is 444 g/mol. The highest BCUT2D eigenvalue weighted by Gasteiger charge is 2.29. The Labute approximate surface area is 185 Å². The van der Waals surface area contributed by atoms with Crippen LogP contribution in [0.4, 0.5) is 0 Å². The lowest BCUT2D eigenvalue weighted by atomic mass is 10.0. The summed E-state index contributed by atoms with van der Waals surface area (Å²) in [4.78, 5) is 15.5. The van der Waals surface area contributed by atoms with Gasteiger partial charge in [0.15, 0.2) is 0 Å². The van der Waals surface area contributed by atoms with E-state index in [9.17, 15) is 13.2 Å². The van der Waals surface area contributed by atoms with Gasteiger partial charge in [-0.1, -0.05) is 24.6 Å². The van der Waals surface area contributed by atoms with Crippen LogP contribution in [0.15, 0.2) is 47.4 Å². The van der Waals surface area contributed by atoms with Gasteiger partial charge in [0, 0.05) is 25.2 Å². The molecule has 1 atom stereocenters. The van der Waals surface area contributed by atoms with E-state index >= 15 is 0 Å². The van der Waals surface area contributed by atoms with Crippen LogP contribution in [-0.4, -0.2) is 50.3 Å². The normalized spacial score (nSPS) is 16.0. The number of amides is 1. The summed E-state index contributed by atoms with van der Waals surface area (Å²) in [7, 11) is -1.99. The Kier molecular flexibility index (Phi) is 7.38. The first-order valence-corrected chi connectivity index (χ1v) is 12.3. The zero-order valence-corrected chi connectivity index (χ0v) is 19.6. The van der Waals surface area contributed by atoms with Crippen molar-refractivity contribution >= 4 is 15.9 Å². The first-order valence-electron chi connectivity index (χ1n) is 10.8. The molecule has 0 bridgehead atoms. The lowest BCUT2D eigenvalue weighted by Crippen LogP contribution is -2.36. The molecule has 1 amide bonds. The molecule has 0 spiro atoms. The molecule has 1 heterocycles. The van der Waals surface area contributed by atoms with Crippen LogP contribution in [0.5, 0.6) is 5.75 Å². The van der Waals surface area contributed by atoms with Crippen molar-refractivity contribution in [3.63, 3.8) is 0 Å². The van der Waals surface area contributed by atoms with E-state index in [1.54, 1.807) is 30.2 Å². The van der Waals surface area contributed by atoms with Gasteiger partial charge in [-0.3, -0.25) is 4.79 Å². The van der Waals surface area contributed by atoms with Gasteiger partial charge < -0.3 is 9.64 Å². The van der Waals surface area contributed by atoms with Crippen molar-refractivity contribution in [1.29, 1.82) is 0 Å². The van der Waals surface area contributed by atoms with E-state index in [2.05, 4.69) is 0 Å². The molecule has 1 fully saturated rings. The first-order chi connectivity index (χ1) is 14.8. The summed E-state index contributed by atoms with van der Waals surface area (Å²) in [6.07, 6.45) is 2.80. The Hall–Kier alpha value is -2.38. The standard InChI is InChI=1S/C24H32N2O4S/c1-5-26(19(3)20-10-9-11-21(16-20)30-4)24(27)23-17-22(13-12-18(23)2)31(28,29)25-14-7-6-8-15-25/h9-13,16-17,19H,5-8,14-15H2,1-4H3. The number of methoxy groups -OCH3 is 1. The second-order valence-corrected chi connectivity index (χ2v) is 9.92. The third-order valence-corrected chi connectivity index (χ3v) is 7.93. The average molecular weight is 445 g/mol. The number of rotatable bonds is 7. The van der Waals surface area contributed by atoms with E-state index in [1.807, 2.05) is 45.0 Å². The van der Waals surface area contributed by atoms with E-state index in [0.717, 1.165) is 36.1 Å². The molecule has 7 heteroatoms. The smallest absolute Gasteiger partial charge is 0.254 e. The van der Waals surface area contributed by atoms with Gasteiger partial charge in [0.05, 0.1) is 18.0 Å². The highest BCUT2D eigenvalue weighted by Crippen LogP contribution is 2.28. The third-order valence-electron chi connectivity index (χ3n) is 6.04. The molecule has 168 valence electrons. The molecule has 0 aromatic heterocycles.